The molecule has 0 spiro atoms. The summed E-state index contributed by atoms with van der Waals surface area (Å²) in [6.07, 6.45) is 0. The van der Waals surface area contributed by atoms with E-state index in [0.29, 0.717) is 22.6 Å². The smallest absolute Gasteiger partial charge is 0.137 e. The second-order valence-electron chi connectivity index (χ2n) is 4.52. The number of benzene rings is 1. The highest BCUT2D eigenvalue weighted by Crippen LogP contribution is 2.31. The molecule has 0 saturated heterocycles. The van der Waals surface area contributed by atoms with Gasteiger partial charge in [-0.15, -0.1) is 0 Å². The van der Waals surface area contributed by atoms with E-state index in [-0.39, 0.29) is 6.04 Å². The van der Waals surface area contributed by atoms with Gasteiger partial charge < -0.3 is 10.5 Å². The van der Waals surface area contributed by atoms with Crippen LogP contribution in [-0.2, 0) is 0 Å². The van der Waals surface area contributed by atoms with E-state index in [9.17, 15) is 0 Å². The molecule has 0 radical (unpaired) electrons. The molecule has 1 aromatic rings. The number of nitrogens with two attached hydrogens (primary N) is 1. The van der Waals surface area contributed by atoms with Gasteiger partial charge in [-0.05, 0) is 29.5 Å². The molecule has 2 unspecified atom stereocenters. The fourth-order valence-electron chi connectivity index (χ4n) is 1.61. The molecule has 0 saturated carbocycles. The number of rotatable bonds is 4. The van der Waals surface area contributed by atoms with Gasteiger partial charge in [-0.25, -0.2) is 0 Å². The van der Waals surface area contributed by atoms with Gasteiger partial charge in [0.2, 0.25) is 0 Å². The molecule has 0 aliphatic carbocycles. The van der Waals surface area contributed by atoms with Crippen LogP contribution in [0.2, 0.25) is 5.02 Å². The lowest BCUT2D eigenvalue weighted by Gasteiger charge is -2.24. The van der Waals surface area contributed by atoms with Gasteiger partial charge in [0.1, 0.15) is 5.75 Å². The maximum absolute atomic E-state index is 6.20. The van der Waals surface area contributed by atoms with Gasteiger partial charge in [0.05, 0.1) is 12.1 Å². The molecule has 0 bridgehead atoms. The lowest BCUT2D eigenvalue weighted by atomic mass is 9.87. The maximum Gasteiger partial charge on any atom is 0.137 e. The van der Waals surface area contributed by atoms with Crippen molar-refractivity contribution in [3.05, 3.63) is 28.8 Å². The minimum Gasteiger partial charge on any atom is -0.495 e. The van der Waals surface area contributed by atoms with E-state index in [0.717, 1.165) is 5.56 Å². The second kappa shape index (κ2) is 5.55. The van der Waals surface area contributed by atoms with Gasteiger partial charge in [-0.2, -0.15) is 0 Å². The SMILES string of the molecule is COc1ccc(C(N)C(C)C(C)C)cc1Cl. The van der Waals surface area contributed by atoms with Crippen LogP contribution >= 0.6 is 11.6 Å². The molecule has 0 aliphatic rings. The van der Waals surface area contributed by atoms with Crippen molar-refractivity contribution in [2.75, 3.05) is 7.11 Å². The molecule has 0 aromatic heterocycles. The molecule has 2 atom stereocenters. The van der Waals surface area contributed by atoms with Crippen LogP contribution in [0, 0.1) is 11.8 Å². The van der Waals surface area contributed by atoms with Crippen molar-refractivity contribution in [2.45, 2.75) is 26.8 Å². The predicted molar refractivity (Wildman–Crippen MR) is 68.9 cm³/mol. The van der Waals surface area contributed by atoms with Crippen molar-refractivity contribution < 1.29 is 4.74 Å². The molecule has 3 heteroatoms. The fourth-order valence-corrected chi connectivity index (χ4v) is 1.87. The molecule has 0 fully saturated rings. The van der Waals surface area contributed by atoms with Crippen LogP contribution in [0.5, 0.6) is 5.75 Å². The third-order valence-corrected chi connectivity index (χ3v) is 3.47. The molecule has 2 nitrogen and oxygen atoms in total. The Bertz CT molecular complexity index is 352. The van der Waals surface area contributed by atoms with Crippen molar-refractivity contribution in [1.82, 2.24) is 0 Å². The molecule has 0 aliphatic heterocycles. The third-order valence-electron chi connectivity index (χ3n) is 3.18. The summed E-state index contributed by atoms with van der Waals surface area (Å²) in [6.45, 7) is 6.51. The lowest BCUT2D eigenvalue weighted by molar-refractivity contribution is 0.352. The van der Waals surface area contributed by atoms with Crippen molar-refractivity contribution in [3.8, 4) is 5.75 Å². The molecule has 0 amide bonds. The third kappa shape index (κ3) is 2.89. The Balaban J connectivity index is 2.92. The Labute approximate surface area is 103 Å². The standard InChI is InChI=1S/C13H20ClNO/c1-8(2)9(3)13(15)10-5-6-12(16-4)11(14)7-10/h5-9,13H,15H2,1-4H3. The molecule has 2 N–H and O–H groups in total. The molecule has 0 heterocycles. The molecule has 1 rings (SSSR count). The number of hydrogen-bond donors (Lipinski definition) is 1. The van der Waals surface area contributed by atoms with Crippen LogP contribution in [0.25, 0.3) is 0 Å². The second-order valence-corrected chi connectivity index (χ2v) is 4.93. The van der Waals surface area contributed by atoms with Gasteiger partial charge in [0.25, 0.3) is 0 Å². The summed E-state index contributed by atoms with van der Waals surface area (Å²) in [7, 11) is 1.61. The van der Waals surface area contributed by atoms with Crippen LogP contribution in [0.3, 0.4) is 0 Å². The Morgan fingerprint density at radius 1 is 1.25 bits per heavy atom. The molecule has 16 heavy (non-hydrogen) atoms. The number of methoxy groups -OCH3 is 1. The summed E-state index contributed by atoms with van der Waals surface area (Å²) < 4.78 is 5.11. The summed E-state index contributed by atoms with van der Waals surface area (Å²) in [5.41, 5.74) is 7.26. The van der Waals surface area contributed by atoms with Crippen LogP contribution in [0.15, 0.2) is 18.2 Å². The van der Waals surface area contributed by atoms with E-state index in [2.05, 4.69) is 20.8 Å². The largest absolute Gasteiger partial charge is 0.495 e. The van der Waals surface area contributed by atoms with E-state index in [4.69, 9.17) is 22.1 Å². The molecular formula is C13H20ClNO. The Morgan fingerprint density at radius 2 is 1.88 bits per heavy atom. The lowest BCUT2D eigenvalue weighted by Crippen LogP contribution is -2.23. The number of hydrogen-bond acceptors (Lipinski definition) is 2. The van der Waals surface area contributed by atoms with Crippen molar-refractivity contribution in [1.29, 1.82) is 0 Å². The molecule has 90 valence electrons. The first-order valence-corrected chi connectivity index (χ1v) is 5.94. The highest BCUT2D eigenvalue weighted by atomic mass is 35.5. The van der Waals surface area contributed by atoms with E-state index in [1.54, 1.807) is 7.11 Å². The normalized spacial score (nSPS) is 14.9. The van der Waals surface area contributed by atoms with Crippen LogP contribution in [0.4, 0.5) is 0 Å². The van der Waals surface area contributed by atoms with Crippen molar-refractivity contribution in [3.63, 3.8) is 0 Å². The average Bonchev–Trinajstić information content (AvgIpc) is 2.26. The highest BCUT2D eigenvalue weighted by molar-refractivity contribution is 6.32. The van der Waals surface area contributed by atoms with E-state index < -0.39 is 0 Å². The van der Waals surface area contributed by atoms with Gasteiger partial charge in [0.15, 0.2) is 0 Å². The van der Waals surface area contributed by atoms with E-state index in [1.807, 2.05) is 18.2 Å². The van der Waals surface area contributed by atoms with E-state index >= 15 is 0 Å². The average molecular weight is 242 g/mol. The first-order valence-electron chi connectivity index (χ1n) is 5.56. The summed E-state index contributed by atoms with van der Waals surface area (Å²) in [5.74, 6) is 1.66. The van der Waals surface area contributed by atoms with Crippen molar-refractivity contribution in [2.24, 2.45) is 17.6 Å². The summed E-state index contributed by atoms with van der Waals surface area (Å²) in [5, 5.41) is 0.617. The van der Waals surface area contributed by atoms with Gasteiger partial charge in [-0.3, -0.25) is 0 Å². The summed E-state index contributed by atoms with van der Waals surface area (Å²) in [6, 6.07) is 5.76. The summed E-state index contributed by atoms with van der Waals surface area (Å²) in [4.78, 5) is 0. The van der Waals surface area contributed by atoms with Gasteiger partial charge in [-0.1, -0.05) is 38.4 Å². The summed E-state index contributed by atoms with van der Waals surface area (Å²) >= 11 is 6.08. The molecular weight excluding hydrogens is 222 g/mol. The predicted octanol–water partition coefficient (Wildman–Crippen LogP) is 3.64. The Kier molecular flexibility index (Phi) is 4.63. The minimum absolute atomic E-state index is 0.0170. The zero-order valence-corrected chi connectivity index (χ0v) is 11.1. The minimum atomic E-state index is 0.0170. The Morgan fingerprint density at radius 3 is 2.31 bits per heavy atom. The quantitative estimate of drug-likeness (QED) is 0.874. The number of halogens is 1. The van der Waals surface area contributed by atoms with Gasteiger partial charge >= 0.3 is 0 Å². The van der Waals surface area contributed by atoms with Crippen molar-refractivity contribution >= 4 is 11.6 Å². The Hall–Kier alpha value is -0.730. The first-order chi connectivity index (χ1) is 7.47. The monoisotopic (exact) mass is 241 g/mol. The van der Waals surface area contributed by atoms with E-state index in [1.165, 1.54) is 0 Å². The topological polar surface area (TPSA) is 35.2 Å². The fraction of sp³-hybridized carbons (Fsp3) is 0.538. The highest BCUT2D eigenvalue weighted by Gasteiger charge is 2.18. The van der Waals surface area contributed by atoms with Crippen LogP contribution in [-0.4, -0.2) is 7.11 Å². The van der Waals surface area contributed by atoms with Crippen LogP contribution in [0.1, 0.15) is 32.4 Å². The zero-order chi connectivity index (χ0) is 12.3. The molecule has 1 aromatic carbocycles. The maximum atomic E-state index is 6.20. The first kappa shape index (κ1) is 13.3. The van der Waals surface area contributed by atoms with Gasteiger partial charge in [0, 0.05) is 6.04 Å². The zero-order valence-electron chi connectivity index (χ0n) is 10.3. The van der Waals surface area contributed by atoms with Crippen LogP contribution < -0.4 is 10.5 Å². The number of ether oxygens (including phenoxy) is 1.